The first-order chi connectivity index (χ1) is 11.1. The molecule has 2 saturated heterocycles. The quantitative estimate of drug-likeness (QED) is 0.823. The van der Waals surface area contributed by atoms with Gasteiger partial charge in [0, 0.05) is 18.8 Å². The average molecular weight is 317 g/mol. The van der Waals surface area contributed by atoms with Crippen molar-refractivity contribution in [3.8, 4) is 0 Å². The number of piperazine rings is 1. The second-order valence-electron chi connectivity index (χ2n) is 5.83. The van der Waals surface area contributed by atoms with Crippen LogP contribution in [0.5, 0.6) is 0 Å². The van der Waals surface area contributed by atoms with E-state index in [1.165, 1.54) is 4.90 Å². The third-order valence-corrected chi connectivity index (χ3v) is 4.34. The molecule has 23 heavy (non-hydrogen) atoms. The Morgan fingerprint density at radius 2 is 1.78 bits per heavy atom. The maximum absolute atomic E-state index is 12.5. The summed E-state index contributed by atoms with van der Waals surface area (Å²) in [6, 6.07) is 8.18. The van der Waals surface area contributed by atoms with Gasteiger partial charge in [-0.3, -0.25) is 19.7 Å². The number of anilines is 1. The summed E-state index contributed by atoms with van der Waals surface area (Å²) in [6.45, 7) is 0.933. The number of nitrogens with zero attached hydrogens (tertiary/aromatic N) is 2. The Bertz CT molecular complexity index is 619. The first-order valence-corrected chi connectivity index (χ1v) is 7.69. The van der Waals surface area contributed by atoms with Crippen LogP contribution in [0.2, 0.25) is 0 Å². The van der Waals surface area contributed by atoms with Crippen molar-refractivity contribution in [2.75, 3.05) is 24.5 Å². The number of benzene rings is 1. The second kappa shape index (κ2) is 6.37. The molecule has 0 saturated carbocycles. The number of hydrogen-bond acceptors (Lipinski definition) is 4. The second-order valence-corrected chi connectivity index (χ2v) is 5.83. The summed E-state index contributed by atoms with van der Waals surface area (Å²) in [5, 5.41) is 11.8. The van der Waals surface area contributed by atoms with E-state index in [0.29, 0.717) is 25.9 Å². The van der Waals surface area contributed by atoms with Gasteiger partial charge in [-0.25, -0.2) is 0 Å². The molecule has 0 bridgehead atoms. The van der Waals surface area contributed by atoms with Gasteiger partial charge in [0.05, 0.1) is 6.04 Å². The Kier molecular flexibility index (Phi) is 4.29. The van der Waals surface area contributed by atoms with E-state index in [1.54, 1.807) is 4.90 Å². The van der Waals surface area contributed by atoms with E-state index in [1.807, 2.05) is 30.3 Å². The molecule has 0 spiro atoms. The number of carboxylic acids is 1. The molecule has 2 aliphatic rings. The highest BCUT2D eigenvalue weighted by molar-refractivity contribution is 5.98. The van der Waals surface area contributed by atoms with Crippen molar-refractivity contribution < 1.29 is 19.5 Å². The number of para-hydroxylation sites is 1. The van der Waals surface area contributed by atoms with E-state index in [9.17, 15) is 14.4 Å². The van der Waals surface area contributed by atoms with Gasteiger partial charge in [-0.05, 0) is 25.0 Å². The zero-order valence-electron chi connectivity index (χ0n) is 12.6. The molecule has 2 amide bonds. The molecule has 0 aromatic heterocycles. The minimum absolute atomic E-state index is 0.0314. The first-order valence-electron chi connectivity index (χ1n) is 7.69. The van der Waals surface area contributed by atoms with Gasteiger partial charge in [0.25, 0.3) is 0 Å². The predicted octanol–water partition coefficient (Wildman–Crippen LogP) is 0.0670. The standard InChI is InChI=1S/C16H19N3O4/c20-14-10-18(8-9-19(14)11-4-2-1-3-5-11)15(21)12-6-7-13(17-12)16(22)23/h1-5,12-13,17H,6-10H2,(H,22,23)/t12-,13+/m1/s1. The van der Waals surface area contributed by atoms with Gasteiger partial charge in [0.1, 0.15) is 12.6 Å². The summed E-state index contributed by atoms with van der Waals surface area (Å²) in [6.07, 6.45) is 0.923. The molecule has 0 aliphatic carbocycles. The molecule has 2 fully saturated rings. The van der Waals surface area contributed by atoms with Gasteiger partial charge < -0.3 is 14.9 Å². The number of carboxylic acid groups (broad SMARTS) is 1. The van der Waals surface area contributed by atoms with E-state index in [-0.39, 0.29) is 18.4 Å². The van der Waals surface area contributed by atoms with Crippen molar-refractivity contribution >= 4 is 23.5 Å². The maximum Gasteiger partial charge on any atom is 0.320 e. The highest BCUT2D eigenvalue weighted by Gasteiger charge is 2.37. The molecule has 7 nitrogen and oxygen atoms in total. The van der Waals surface area contributed by atoms with Gasteiger partial charge in [0.2, 0.25) is 11.8 Å². The van der Waals surface area contributed by atoms with E-state index in [2.05, 4.69) is 5.32 Å². The summed E-state index contributed by atoms with van der Waals surface area (Å²) in [5.74, 6) is -1.25. The highest BCUT2D eigenvalue weighted by Crippen LogP contribution is 2.19. The van der Waals surface area contributed by atoms with Crippen LogP contribution < -0.4 is 10.2 Å². The normalized spacial score (nSPS) is 24.8. The van der Waals surface area contributed by atoms with Crippen LogP contribution in [0, 0.1) is 0 Å². The molecule has 2 N–H and O–H groups in total. The first kappa shape index (κ1) is 15.5. The molecule has 122 valence electrons. The van der Waals surface area contributed by atoms with Gasteiger partial charge in [0.15, 0.2) is 0 Å². The van der Waals surface area contributed by atoms with Crippen molar-refractivity contribution in [2.45, 2.75) is 24.9 Å². The molecule has 7 heteroatoms. The van der Waals surface area contributed by atoms with Gasteiger partial charge in [-0.1, -0.05) is 18.2 Å². The Hall–Kier alpha value is -2.41. The van der Waals surface area contributed by atoms with Crippen molar-refractivity contribution in [1.29, 1.82) is 0 Å². The Morgan fingerprint density at radius 3 is 2.39 bits per heavy atom. The summed E-state index contributed by atoms with van der Waals surface area (Å²) < 4.78 is 0. The molecular weight excluding hydrogens is 298 g/mol. The van der Waals surface area contributed by atoms with Gasteiger partial charge >= 0.3 is 5.97 Å². The summed E-state index contributed by atoms with van der Waals surface area (Å²) in [5.41, 5.74) is 0.828. The van der Waals surface area contributed by atoms with Crippen molar-refractivity contribution in [1.82, 2.24) is 10.2 Å². The number of amides is 2. The zero-order chi connectivity index (χ0) is 16.4. The lowest BCUT2D eigenvalue weighted by Crippen LogP contribution is -2.56. The fraction of sp³-hybridized carbons (Fsp3) is 0.438. The Morgan fingerprint density at radius 1 is 1.09 bits per heavy atom. The topological polar surface area (TPSA) is 90.0 Å². The lowest BCUT2D eigenvalue weighted by molar-refractivity contribution is -0.140. The summed E-state index contributed by atoms with van der Waals surface area (Å²) in [7, 11) is 0. The fourth-order valence-corrected chi connectivity index (χ4v) is 3.10. The largest absolute Gasteiger partial charge is 0.480 e. The van der Waals surface area contributed by atoms with Crippen LogP contribution in [-0.2, 0) is 14.4 Å². The lowest BCUT2D eigenvalue weighted by Gasteiger charge is -2.35. The Balaban J connectivity index is 1.61. The molecule has 1 aromatic rings. The third-order valence-electron chi connectivity index (χ3n) is 4.34. The van der Waals surface area contributed by atoms with E-state index >= 15 is 0 Å². The number of aliphatic carboxylic acids is 1. The van der Waals surface area contributed by atoms with Crippen molar-refractivity contribution in [2.24, 2.45) is 0 Å². The summed E-state index contributed by atoms with van der Waals surface area (Å²) >= 11 is 0. The van der Waals surface area contributed by atoms with Crippen LogP contribution in [0.15, 0.2) is 30.3 Å². The number of hydrogen-bond donors (Lipinski definition) is 2. The predicted molar refractivity (Wildman–Crippen MR) is 83.0 cm³/mol. The smallest absolute Gasteiger partial charge is 0.320 e. The molecule has 1 aromatic carbocycles. The molecule has 0 unspecified atom stereocenters. The van der Waals surface area contributed by atoms with Crippen LogP contribution in [0.1, 0.15) is 12.8 Å². The molecule has 3 rings (SSSR count). The van der Waals surface area contributed by atoms with Crippen LogP contribution in [0.3, 0.4) is 0 Å². The maximum atomic E-state index is 12.5. The van der Waals surface area contributed by atoms with Crippen molar-refractivity contribution in [3.05, 3.63) is 30.3 Å². The SMILES string of the molecule is O=C(O)[C@@H]1CC[C@H](C(=O)N2CCN(c3ccccc3)C(=O)C2)N1. The van der Waals surface area contributed by atoms with Crippen LogP contribution >= 0.6 is 0 Å². The van der Waals surface area contributed by atoms with Crippen LogP contribution in [0.4, 0.5) is 5.69 Å². The number of nitrogens with one attached hydrogen (secondary N) is 1. The van der Waals surface area contributed by atoms with Crippen LogP contribution in [-0.4, -0.2) is 59.5 Å². The minimum atomic E-state index is -0.940. The molecule has 0 radical (unpaired) electrons. The number of rotatable bonds is 3. The molecule has 2 aliphatic heterocycles. The van der Waals surface area contributed by atoms with Gasteiger partial charge in [-0.15, -0.1) is 0 Å². The van der Waals surface area contributed by atoms with E-state index in [4.69, 9.17) is 5.11 Å². The minimum Gasteiger partial charge on any atom is -0.480 e. The van der Waals surface area contributed by atoms with E-state index in [0.717, 1.165) is 5.69 Å². The number of carbonyl (C=O) groups excluding carboxylic acids is 2. The monoisotopic (exact) mass is 317 g/mol. The third kappa shape index (κ3) is 3.19. The highest BCUT2D eigenvalue weighted by atomic mass is 16.4. The van der Waals surface area contributed by atoms with Crippen LogP contribution in [0.25, 0.3) is 0 Å². The average Bonchev–Trinajstić information content (AvgIpc) is 3.05. The molecule has 2 heterocycles. The molecular formula is C16H19N3O4. The lowest BCUT2D eigenvalue weighted by atomic mass is 10.1. The Labute approximate surface area is 133 Å². The van der Waals surface area contributed by atoms with Crippen molar-refractivity contribution in [3.63, 3.8) is 0 Å². The fourth-order valence-electron chi connectivity index (χ4n) is 3.10. The number of carbonyl (C=O) groups is 3. The zero-order valence-corrected chi connectivity index (χ0v) is 12.6. The van der Waals surface area contributed by atoms with Gasteiger partial charge in [-0.2, -0.15) is 0 Å². The molecule has 2 atom stereocenters. The van der Waals surface area contributed by atoms with E-state index < -0.39 is 18.1 Å². The summed E-state index contributed by atoms with van der Waals surface area (Å²) in [4.78, 5) is 38.9.